The summed E-state index contributed by atoms with van der Waals surface area (Å²) < 4.78 is 10.5. The van der Waals surface area contributed by atoms with Gasteiger partial charge < -0.3 is 14.1 Å². The first-order valence-corrected chi connectivity index (χ1v) is 9.51. The number of rotatable bonds is 4. The highest BCUT2D eigenvalue weighted by Crippen LogP contribution is 2.32. The molecular weight excluding hydrogens is 394 g/mol. The van der Waals surface area contributed by atoms with Crippen LogP contribution in [0, 0.1) is 0 Å². The minimum Gasteiger partial charge on any atom is -0.495 e. The molecule has 0 amide bonds. The quantitative estimate of drug-likeness (QED) is 0.447. The number of aromatic nitrogens is 7. The SMILES string of the molecule is COc1cncc(-c2cnc3[nH]nc(-c4nc5c(-c6ccoc6)ccnc5[nH]4)c3c2)c1. The number of methoxy groups -OCH3 is 1. The third kappa shape index (κ3) is 2.83. The topological polar surface area (TPSA) is 118 Å². The van der Waals surface area contributed by atoms with Gasteiger partial charge in [0.05, 0.1) is 31.2 Å². The molecule has 0 atom stereocenters. The molecule has 2 N–H and O–H groups in total. The molecule has 0 aliphatic carbocycles. The molecule has 150 valence electrons. The molecule has 6 aromatic rings. The fourth-order valence-corrected chi connectivity index (χ4v) is 3.60. The van der Waals surface area contributed by atoms with Gasteiger partial charge in [0.1, 0.15) is 17.0 Å². The molecular formula is C22H15N7O2. The van der Waals surface area contributed by atoms with Crippen molar-refractivity contribution in [3.05, 3.63) is 61.6 Å². The number of H-pyrrole nitrogens is 2. The lowest BCUT2D eigenvalue weighted by atomic mass is 10.1. The average molecular weight is 409 g/mol. The van der Waals surface area contributed by atoms with Crippen LogP contribution in [0.5, 0.6) is 5.75 Å². The summed E-state index contributed by atoms with van der Waals surface area (Å²) in [7, 11) is 1.61. The van der Waals surface area contributed by atoms with E-state index in [2.05, 4.69) is 30.1 Å². The van der Waals surface area contributed by atoms with Crippen LogP contribution >= 0.6 is 0 Å². The molecule has 6 aromatic heterocycles. The molecule has 0 spiro atoms. The Kier molecular flexibility index (Phi) is 3.79. The number of aromatic amines is 2. The molecule has 6 rings (SSSR count). The molecule has 0 unspecified atom stereocenters. The Labute approximate surface area is 175 Å². The van der Waals surface area contributed by atoms with Crippen molar-refractivity contribution in [3.8, 4) is 39.5 Å². The predicted octanol–water partition coefficient (Wildman–Crippen LogP) is 4.23. The zero-order valence-corrected chi connectivity index (χ0v) is 16.3. The van der Waals surface area contributed by atoms with Crippen LogP contribution in [0.4, 0.5) is 0 Å². The lowest BCUT2D eigenvalue weighted by molar-refractivity contribution is 0.413. The molecule has 31 heavy (non-hydrogen) atoms. The van der Waals surface area contributed by atoms with E-state index in [1.165, 1.54) is 0 Å². The Morgan fingerprint density at radius 2 is 1.90 bits per heavy atom. The van der Waals surface area contributed by atoms with Gasteiger partial charge in [-0.1, -0.05) is 0 Å². The first kappa shape index (κ1) is 17.3. The Bertz CT molecular complexity index is 1530. The molecule has 0 aliphatic rings. The number of hydrogen-bond donors (Lipinski definition) is 2. The van der Waals surface area contributed by atoms with Crippen LogP contribution < -0.4 is 4.74 Å². The smallest absolute Gasteiger partial charge is 0.161 e. The van der Waals surface area contributed by atoms with Gasteiger partial charge in [-0.25, -0.2) is 15.0 Å². The number of imidazole rings is 1. The zero-order valence-electron chi connectivity index (χ0n) is 16.3. The van der Waals surface area contributed by atoms with Crippen molar-refractivity contribution >= 4 is 22.2 Å². The molecule has 0 saturated heterocycles. The zero-order chi connectivity index (χ0) is 20.8. The number of pyridine rings is 3. The third-order valence-corrected chi connectivity index (χ3v) is 5.14. The standard InChI is InChI=1S/C22H15N7O2/c1-30-15-6-13(8-23-10-15)14-7-17-19(28-29-20(17)25-9-14)22-26-18-16(12-3-5-31-11-12)2-4-24-21(18)27-22/h2-11H,1H3,(H,24,26,27)(H,25,28,29). The first-order valence-electron chi connectivity index (χ1n) is 9.51. The second-order valence-corrected chi connectivity index (χ2v) is 6.96. The maximum Gasteiger partial charge on any atom is 0.161 e. The van der Waals surface area contributed by atoms with Crippen LogP contribution in [0.2, 0.25) is 0 Å². The van der Waals surface area contributed by atoms with Gasteiger partial charge in [-0.2, -0.15) is 5.10 Å². The lowest BCUT2D eigenvalue weighted by Crippen LogP contribution is -1.88. The number of furan rings is 1. The fourth-order valence-electron chi connectivity index (χ4n) is 3.60. The third-order valence-electron chi connectivity index (χ3n) is 5.14. The van der Waals surface area contributed by atoms with Crippen molar-refractivity contribution in [2.24, 2.45) is 0 Å². The monoisotopic (exact) mass is 409 g/mol. The van der Waals surface area contributed by atoms with E-state index in [0.717, 1.165) is 33.2 Å². The second kappa shape index (κ2) is 6.77. The van der Waals surface area contributed by atoms with Crippen molar-refractivity contribution in [1.29, 1.82) is 0 Å². The maximum absolute atomic E-state index is 5.29. The van der Waals surface area contributed by atoms with Crippen LogP contribution in [0.15, 0.2) is 66.0 Å². The van der Waals surface area contributed by atoms with E-state index < -0.39 is 0 Å². The van der Waals surface area contributed by atoms with Crippen molar-refractivity contribution in [1.82, 2.24) is 35.1 Å². The molecule has 6 heterocycles. The van der Waals surface area contributed by atoms with Crippen molar-refractivity contribution in [2.45, 2.75) is 0 Å². The van der Waals surface area contributed by atoms with E-state index in [9.17, 15) is 0 Å². The number of nitrogens with zero attached hydrogens (tertiary/aromatic N) is 5. The average Bonchev–Trinajstić information content (AvgIpc) is 3.57. The summed E-state index contributed by atoms with van der Waals surface area (Å²) in [4.78, 5) is 21.2. The highest BCUT2D eigenvalue weighted by Gasteiger charge is 2.17. The largest absolute Gasteiger partial charge is 0.495 e. The molecule has 9 nitrogen and oxygen atoms in total. The van der Waals surface area contributed by atoms with Crippen LogP contribution in [0.25, 0.3) is 56.0 Å². The molecule has 9 heteroatoms. The molecule has 0 saturated carbocycles. The number of ether oxygens (including phenoxy) is 1. The van der Waals surface area contributed by atoms with Crippen molar-refractivity contribution in [2.75, 3.05) is 7.11 Å². The van der Waals surface area contributed by atoms with E-state index in [-0.39, 0.29) is 0 Å². The Morgan fingerprint density at radius 1 is 0.968 bits per heavy atom. The number of fused-ring (bicyclic) bond motifs is 2. The van der Waals surface area contributed by atoms with Gasteiger partial charge >= 0.3 is 0 Å². The summed E-state index contributed by atoms with van der Waals surface area (Å²) in [6.07, 6.45) is 10.3. The van der Waals surface area contributed by atoms with E-state index in [4.69, 9.17) is 14.1 Å². The maximum atomic E-state index is 5.29. The van der Waals surface area contributed by atoms with Crippen LogP contribution in [0.3, 0.4) is 0 Å². The van der Waals surface area contributed by atoms with Gasteiger partial charge in [-0.15, -0.1) is 0 Å². The van der Waals surface area contributed by atoms with Gasteiger partial charge in [0.25, 0.3) is 0 Å². The molecule has 0 aliphatic heterocycles. The summed E-state index contributed by atoms with van der Waals surface area (Å²) in [5.41, 5.74) is 6.41. The summed E-state index contributed by atoms with van der Waals surface area (Å²) in [6.45, 7) is 0. The van der Waals surface area contributed by atoms with Gasteiger partial charge in [0.15, 0.2) is 17.1 Å². The molecule has 0 bridgehead atoms. The van der Waals surface area contributed by atoms with Crippen LogP contribution in [0.1, 0.15) is 0 Å². The van der Waals surface area contributed by atoms with Gasteiger partial charge in [-0.05, 0) is 24.3 Å². The highest BCUT2D eigenvalue weighted by atomic mass is 16.5. The van der Waals surface area contributed by atoms with Crippen molar-refractivity contribution < 1.29 is 9.15 Å². The molecule has 0 fully saturated rings. The Balaban J connectivity index is 1.50. The summed E-state index contributed by atoms with van der Waals surface area (Å²) in [6, 6.07) is 7.73. The van der Waals surface area contributed by atoms with E-state index in [0.29, 0.717) is 28.6 Å². The van der Waals surface area contributed by atoms with Crippen LogP contribution in [-0.4, -0.2) is 42.2 Å². The first-order chi connectivity index (χ1) is 15.3. The van der Waals surface area contributed by atoms with Gasteiger partial charge in [-0.3, -0.25) is 10.1 Å². The van der Waals surface area contributed by atoms with Gasteiger partial charge in [0.2, 0.25) is 0 Å². The van der Waals surface area contributed by atoms with Gasteiger partial charge in [0, 0.05) is 40.8 Å². The Morgan fingerprint density at radius 3 is 2.77 bits per heavy atom. The lowest BCUT2D eigenvalue weighted by Gasteiger charge is -2.04. The Hall–Kier alpha value is -4.53. The summed E-state index contributed by atoms with van der Waals surface area (Å²) >= 11 is 0. The minimum atomic E-state index is 0.604. The number of nitrogens with one attached hydrogen (secondary N) is 2. The second-order valence-electron chi connectivity index (χ2n) is 6.96. The highest BCUT2D eigenvalue weighted by molar-refractivity contribution is 5.95. The van der Waals surface area contributed by atoms with Crippen molar-refractivity contribution in [3.63, 3.8) is 0 Å². The number of hydrogen-bond acceptors (Lipinski definition) is 7. The predicted molar refractivity (Wildman–Crippen MR) is 114 cm³/mol. The van der Waals surface area contributed by atoms with E-state index in [1.807, 2.05) is 24.3 Å². The fraction of sp³-hybridized carbons (Fsp3) is 0.0455. The van der Waals surface area contributed by atoms with Crippen LogP contribution in [-0.2, 0) is 0 Å². The molecule has 0 aromatic carbocycles. The normalized spacial score (nSPS) is 11.4. The summed E-state index contributed by atoms with van der Waals surface area (Å²) in [5, 5.41) is 8.27. The summed E-state index contributed by atoms with van der Waals surface area (Å²) in [5.74, 6) is 1.28. The molecule has 0 radical (unpaired) electrons. The minimum absolute atomic E-state index is 0.604. The van der Waals surface area contributed by atoms with E-state index >= 15 is 0 Å². The van der Waals surface area contributed by atoms with E-state index in [1.54, 1.807) is 44.4 Å².